The number of rotatable bonds is 3. The summed E-state index contributed by atoms with van der Waals surface area (Å²) in [6.45, 7) is 3.51. The van der Waals surface area contributed by atoms with E-state index < -0.39 is 0 Å². The summed E-state index contributed by atoms with van der Waals surface area (Å²) in [7, 11) is 0. The van der Waals surface area contributed by atoms with Crippen molar-refractivity contribution in [3.8, 4) is 5.75 Å². The molecule has 0 atom stereocenters. The summed E-state index contributed by atoms with van der Waals surface area (Å²) in [5.74, 6) is 1.10. The van der Waals surface area contributed by atoms with E-state index in [-0.39, 0.29) is 24.3 Å². The molecule has 3 rings (SSSR count). The summed E-state index contributed by atoms with van der Waals surface area (Å²) in [6, 6.07) is 4.95. The first kappa shape index (κ1) is 16.5. The van der Waals surface area contributed by atoms with E-state index in [2.05, 4.69) is 5.32 Å². The van der Waals surface area contributed by atoms with E-state index in [0.29, 0.717) is 5.92 Å². The molecular formula is C16H23ClFNO2. The fourth-order valence-electron chi connectivity index (χ4n) is 3.05. The Labute approximate surface area is 131 Å². The molecule has 2 heterocycles. The van der Waals surface area contributed by atoms with E-state index in [1.807, 2.05) is 0 Å². The number of ether oxygens (including phenoxy) is 2. The third kappa shape index (κ3) is 4.31. The van der Waals surface area contributed by atoms with Crippen LogP contribution >= 0.6 is 12.4 Å². The molecule has 2 aliphatic heterocycles. The zero-order chi connectivity index (χ0) is 13.8. The summed E-state index contributed by atoms with van der Waals surface area (Å²) >= 11 is 0. The Kier molecular flexibility index (Phi) is 6.27. The highest BCUT2D eigenvalue weighted by Gasteiger charge is 2.22. The topological polar surface area (TPSA) is 30.5 Å². The number of hydrogen-bond acceptors (Lipinski definition) is 3. The number of hydrogen-bond donors (Lipinski definition) is 1. The average Bonchev–Trinajstić information content (AvgIpc) is 2.51. The average molecular weight is 316 g/mol. The lowest BCUT2D eigenvalue weighted by Crippen LogP contribution is -2.28. The first-order valence-electron chi connectivity index (χ1n) is 7.57. The fraction of sp³-hybridized carbons (Fsp3) is 0.625. The Morgan fingerprint density at radius 2 is 1.81 bits per heavy atom. The van der Waals surface area contributed by atoms with Gasteiger partial charge in [-0.2, -0.15) is 0 Å². The van der Waals surface area contributed by atoms with Gasteiger partial charge in [0, 0.05) is 18.4 Å². The maximum Gasteiger partial charge on any atom is 0.123 e. The van der Waals surface area contributed by atoms with Gasteiger partial charge in [-0.3, -0.25) is 0 Å². The molecule has 5 heteroatoms. The van der Waals surface area contributed by atoms with Gasteiger partial charge < -0.3 is 14.8 Å². The lowest BCUT2D eigenvalue weighted by Gasteiger charge is -2.28. The zero-order valence-corrected chi connectivity index (χ0v) is 13.0. The summed E-state index contributed by atoms with van der Waals surface area (Å²) < 4.78 is 25.1. The third-order valence-electron chi connectivity index (χ3n) is 4.21. The van der Waals surface area contributed by atoms with E-state index in [4.69, 9.17) is 9.47 Å². The van der Waals surface area contributed by atoms with Crippen LogP contribution in [0, 0.1) is 5.82 Å². The second kappa shape index (κ2) is 7.97. The summed E-state index contributed by atoms with van der Waals surface area (Å²) in [4.78, 5) is 0. The summed E-state index contributed by atoms with van der Waals surface area (Å²) in [6.07, 6.45) is 4.14. The standard InChI is InChI=1S/C16H22FNO2.ClH/c17-13-1-2-16(20-14-5-9-19-10-6-14)15(11-13)12-3-7-18-8-4-12;/h1-2,11-12,14,18H,3-10H2;1H. The largest absolute Gasteiger partial charge is 0.490 e. The van der Waals surface area contributed by atoms with Crippen molar-refractivity contribution in [1.82, 2.24) is 5.32 Å². The van der Waals surface area contributed by atoms with Crippen LogP contribution in [0.5, 0.6) is 5.75 Å². The van der Waals surface area contributed by atoms with Crippen molar-refractivity contribution in [1.29, 1.82) is 0 Å². The molecule has 1 aromatic carbocycles. The van der Waals surface area contributed by atoms with Crippen molar-refractivity contribution in [3.63, 3.8) is 0 Å². The second-order valence-electron chi connectivity index (χ2n) is 5.64. The van der Waals surface area contributed by atoms with E-state index >= 15 is 0 Å². The lowest BCUT2D eigenvalue weighted by molar-refractivity contribution is 0.0249. The van der Waals surface area contributed by atoms with Crippen molar-refractivity contribution in [2.24, 2.45) is 0 Å². The molecule has 0 bridgehead atoms. The SMILES string of the molecule is Cl.Fc1ccc(OC2CCOCC2)c(C2CCNCC2)c1. The Morgan fingerprint density at radius 1 is 1.10 bits per heavy atom. The summed E-state index contributed by atoms with van der Waals surface area (Å²) in [5.41, 5.74) is 1.04. The Bertz CT molecular complexity index is 446. The van der Waals surface area contributed by atoms with Crippen LogP contribution in [0.4, 0.5) is 4.39 Å². The summed E-state index contributed by atoms with van der Waals surface area (Å²) in [5, 5.41) is 3.35. The first-order chi connectivity index (χ1) is 9.83. The van der Waals surface area contributed by atoms with Crippen LogP contribution in [0.3, 0.4) is 0 Å². The van der Waals surface area contributed by atoms with Gasteiger partial charge in [-0.25, -0.2) is 4.39 Å². The minimum atomic E-state index is -0.169. The first-order valence-corrected chi connectivity index (χ1v) is 7.57. The number of halogens is 2. The van der Waals surface area contributed by atoms with Gasteiger partial charge in [-0.15, -0.1) is 12.4 Å². The van der Waals surface area contributed by atoms with Crippen LogP contribution in [0.2, 0.25) is 0 Å². The predicted molar refractivity (Wildman–Crippen MR) is 83.0 cm³/mol. The van der Waals surface area contributed by atoms with Crippen molar-refractivity contribution < 1.29 is 13.9 Å². The smallest absolute Gasteiger partial charge is 0.123 e. The number of benzene rings is 1. The molecule has 0 saturated carbocycles. The van der Waals surface area contributed by atoms with Gasteiger partial charge in [0.2, 0.25) is 0 Å². The molecule has 0 unspecified atom stereocenters. The third-order valence-corrected chi connectivity index (χ3v) is 4.21. The van der Waals surface area contributed by atoms with Crippen molar-refractivity contribution >= 4 is 12.4 Å². The Balaban J connectivity index is 0.00000161. The predicted octanol–water partition coefficient (Wildman–Crippen LogP) is 3.27. The molecule has 21 heavy (non-hydrogen) atoms. The van der Waals surface area contributed by atoms with Gasteiger partial charge in [0.05, 0.1) is 13.2 Å². The molecule has 3 nitrogen and oxygen atoms in total. The minimum absolute atomic E-state index is 0. The molecule has 2 fully saturated rings. The molecule has 0 aromatic heterocycles. The molecule has 0 radical (unpaired) electrons. The molecule has 2 aliphatic rings. The van der Waals surface area contributed by atoms with Crippen molar-refractivity contribution in [3.05, 3.63) is 29.6 Å². The normalized spacial score (nSPS) is 20.8. The van der Waals surface area contributed by atoms with E-state index in [0.717, 1.165) is 63.3 Å². The molecule has 0 amide bonds. The van der Waals surface area contributed by atoms with E-state index in [9.17, 15) is 4.39 Å². The molecule has 2 saturated heterocycles. The molecule has 1 aromatic rings. The quantitative estimate of drug-likeness (QED) is 0.928. The Hall–Kier alpha value is -0.840. The van der Waals surface area contributed by atoms with Crippen LogP contribution in [-0.2, 0) is 4.74 Å². The zero-order valence-electron chi connectivity index (χ0n) is 12.1. The van der Waals surface area contributed by atoms with E-state index in [1.54, 1.807) is 12.1 Å². The fourth-order valence-corrected chi connectivity index (χ4v) is 3.05. The molecule has 1 N–H and O–H groups in total. The number of nitrogens with one attached hydrogen (secondary N) is 1. The molecule has 0 aliphatic carbocycles. The highest BCUT2D eigenvalue weighted by Crippen LogP contribution is 2.34. The van der Waals surface area contributed by atoms with Gasteiger partial charge in [0.15, 0.2) is 0 Å². The second-order valence-corrected chi connectivity index (χ2v) is 5.64. The van der Waals surface area contributed by atoms with Gasteiger partial charge >= 0.3 is 0 Å². The minimum Gasteiger partial charge on any atom is -0.490 e. The van der Waals surface area contributed by atoms with E-state index in [1.165, 1.54) is 6.07 Å². The monoisotopic (exact) mass is 315 g/mol. The molecular weight excluding hydrogens is 293 g/mol. The van der Waals surface area contributed by atoms with Gasteiger partial charge in [-0.05, 0) is 50.0 Å². The maximum atomic E-state index is 13.6. The highest BCUT2D eigenvalue weighted by molar-refractivity contribution is 5.85. The van der Waals surface area contributed by atoms with Crippen LogP contribution in [0.1, 0.15) is 37.2 Å². The van der Waals surface area contributed by atoms with Gasteiger partial charge in [0.1, 0.15) is 17.7 Å². The maximum absolute atomic E-state index is 13.6. The van der Waals surface area contributed by atoms with Crippen LogP contribution in [0.25, 0.3) is 0 Å². The number of piperidine rings is 1. The van der Waals surface area contributed by atoms with Crippen molar-refractivity contribution in [2.45, 2.75) is 37.7 Å². The van der Waals surface area contributed by atoms with Gasteiger partial charge in [0.25, 0.3) is 0 Å². The Morgan fingerprint density at radius 3 is 2.52 bits per heavy atom. The lowest BCUT2D eigenvalue weighted by atomic mass is 9.89. The van der Waals surface area contributed by atoms with Crippen LogP contribution < -0.4 is 10.1 Å². The van der Waals surface area contributed by atoms with Gasteiger partial charge in [-0.1, -0.05) is 0 Å². The van der Waals surface area contributed by atoms with Crippen LogP contribution in [0.15, 0.2) is 18.2 Å². The van der Waals surface area contributed by atoms with Crippen LogP contribution in [-0.4, -0.2) is 32.4 Å². The molecule has 118 valence electrons. The van der Waals surface area contributed by atoms with Crippen molar-refractivity contribution in [2.75, 3.05) is 26.3 Å². The molecule has 0 spiro atoms. The highest BCUT2D eigenvalue weighted by atomic mass is 35.5.